The fourth-order valence-electron chi connectivity index (χ4n) is 1.60. The molecule has 2 nitrogen and oxygen atoms in total. The van der Waals surface area contributed by atoms with Gasteiger partial charge in [0.2, 0.25) is 0 Å². The number of hydrogen-bond donors (Lipinski definition) is 0. The summed E-state index contributed by atoms with van der Waals surface area (Å²) in [5, 5.41) is 0. The summed E-state index contributed by atoms with van der Waals surface area (Å²) in [7, 11) is 0. The number of pyridine rings is 1. The van der Waals surface area contributed by atoms with Crippen LogP contribution in [0.4, 0.5) is 4.39 Å². The summed E-state index contributed by atoms with van der Waals surface area (Å²) in [5.74, 6) is 0.504. The van der Waals surface area contributed by atoms with Gasteiger partial charge in [-0.05, 0) is 48.4 Å². The van der Waals surface area contributed by atoms with Crippen LogP contribution in [0.5, 0.6) is 5.75 Å². The standard InChI is InChI=1S/C14H14FNO/c1-11-10-13(15)2-3-14(11)17-9-6-12-4-7-16-8-5-12/h2-5,7-8,10H,6,9H2,1H3. The van der Waals surface area contributed by atoms with Crippen molar-refractivity contribution in [2.24, 2.45) is 0 Å². The molecule has 0 saturated carbocycles. The van der Waals surface area contributed by atoms with Crippen molar-refractivity contribution >= 4 is 0 Å². The number of nitrogens with zero attached hydrogens (tertiary/aromatic N) is 1. The van der Waals surface area contributed by atoms with Gasteiger partial charge in [0.15, 0.2) is 0 Å². The number of hydrogen-bond acceptors (Lipinski definition) is 2. The third-order valence-corrected chi connectivity index (χ3v) is 2.53. The van der Waals surface area contributed by atoms with Crippen LogP contribution in [0.25, 0.3) is 0 Å². The van der Waals surface area contributed by atoms with Crippen molar-refractivity contribution < 1.29 is 9.13 Å². The smallest absolute Gasteiger partial charge is 0.123 e. The van der Waals surface area contributed by atoms with E-state index >= 15 is 0 Å². The van der Waals surface area contributed by atoms with E-state index in [1.807, 2.05) is 19.1 Å². The molecule has 0 bridgehead atoms. The molecule has 0 radical (unpaired) electrons. The highest BCUT2D eigenvalue weighted by atomic mass is 19.1. The van der Waals surface area contributed by atoms with Crippen LogP contribution in [0.2, 0.25) is 0 Å². The van der Waals surface area contributed by atoms with E-state index < -0.39 is 0 Å². The minimum absolute atomic E-state index is 0.232. The lowest BCUT2D eigenvalue weighted by Gasteiger charge is -2.08. The number of ether oxygens (including phenoxy) is 1. The Morgan fingerprint density at radius 3 is 2.65 bits per heavy atom. The fraction of sp³-hybridized carbons (Fsp3) is 0.214. The summed E-state index contributed by atoms with van der Waals surface area (Å²) in [4.78, 5) is 3.95. The number of halogens is 1. The zero-order chi connectivity index (χ0) is 12.1. The molecule has 0 spiro atoms. The lowest BCUT2D eigenvalue weighted by Crippen LogP contribution is -2.02. The van der Waals surface area contributed by atoms with Crippen LogP contribution in [-0.2, 0) is 6.42 Å². The van der Waals surface area contributed by atoms with Crippen molar-refractivity contribution in [3.8, 4) is 5.75 Å². The van der Waals surface area contributed by atoms with Crippen LogP contribution < -0.4 is 4.74 Å². The molecule has 0 aliphatic carbocycles. The van der Waals surface area contributed by atoms with E-state index in [1.165, 1.54) is 17.7 Å². The Morgan fingerprint density at radius 2 is 1.94 bits per heavy atom. The molecule has 0 atom stereocenters. The Balaban J connectivity index is 1.90. The van der Waals surface area contributed by atoms with Gasteiger partial charge in [-0.2, -0.15) is 0 Å². The zero-order valence-electron chi connectivity index (χ0n) is 9.69. The Morgan fingerprint density at radius 1 is 1.18 bits per heavy atom. The highest BCUT2D eigenvalue weighted by Crippen LogP contribution is 2.18. The van der Waals surface area contributed by atoms with E-state index in [0.29, 0.717) is 6.61 Å². The van der Waals surface area contributed by atoms with Gasteiger partial charge in [-0.15, -0.1) is 0 Å². The zero-order valence-corrected chi connectivity index (χ0v) is 9.69. The Bertz CT molecular complexity index is 485. The van der Waals surface area contributed by atoms with Crippen LogP contribution >= 0.6 is 0 Å². The molecule has 0 amide bonds. The molecule has 0 N–H and O–H groups in total. The average Bonchev–Trinajstić information content (AvgIpc) is 2.33. The fourth-order valence-corrected chi connectivity index (χ4v) is 1.60. The third-order valence-electron chi connectivity index (χ3n) is 2.53. The van der Waals surface area contributed by atoms with Gasteiger partial charge in [-0.1, -0.05) is 0 Å². The van der Waals surface area contributed by atoms with Crippen LogP contribution in [-0.4, -0.2) is 11.6 Å². The molecule has 0 aliphatic heterocycles. The maximum absolute atomic E-state index is 12.9. The third kappa shape index (κ3) is 3.28. The quantitative estimate of drug-likeness (QED) is 0.806. The molecule has 0 fully saturated rings. The minimum Gasteiger partial charge on any atom is -0.493 e. The van der Waals surface area contributed by atoms with Crippen molar-refractivity contribution in [1.29, 1.82) is 0 Å². The van der Waals surface area contributed by atoms with Crippen molar-refractivity contribution in [3.05, 3.63) is 59.7 Å². The van der Waals surface area contributed by atoms with Crippen molar-refractivity contribution in [2.75, 3.05) is 6.61 Å². The maximum Gasteiger partial charge on any atom is 0.123 e. The lowest BCUT2D eigenvalue weighted by atomic mass is 10.2. The predicted octanol–water partition coefficient (Wildman–Crippen LogP) is 3.15. The second-order valence-corrected chi connectivity index (χ2v) is 3.86. The Kier molecular flexibility index (Phi) is 3.70. The maximum atomic E-state index is 12.9. The van der Waals surface area contributed by atoms with Crippen molar-refractivity contribution in [1.82, 2.24) is 4.98 Å². The SMILES string of the molecule is Cc1cc(F)ccc1OCCc1ccncc1. The molecule has 0 saturated heterocycles. The molecule has 3 heteroatoms. The molecule has 1 aromatic carbocycles. The molecule has 2 aromatic rings. The minimum atomic E-state index is -0.232. The van der Waals surface area contributed by atoms with Gasteiger partial charge in [0, 0.05) is 18.8 Å². The first-order valence-corrected chi connectivity index (χ1v) is 5.53. The van der Waals surface area contributed by atoms with E-state index in [2.05, 4.69) is 4.98 Å². The molecule has 2 rings (SSSR count). The summed E-state index contributed by atoms with van der Waals surface area (Å²) in [6.07, 6.45) is 4.34. The Labute approximate surface area is 100 Å². The molecule has 0 unspecified atom stereocenters. The van der Waals surface area contributed by atoms with Crippen molar-refractivity contribution in [3.63, 3.8) is 0 Å². The number of aromatic nitrogens is 1. The van der Waals surface area contributed by atoms with Gasteiger partial charge in [0.05, 0.1) is 6.61 Å². The number of rotatable bonds is 4. The average molecular weight is 231 g/mol. The van der Waals surface area contributed by atoms with Crippen molar-refractivity contribution in [2.45, 2.75) is 13.3 Å². The summed E-state index contributed by atoms with van der Waals surface area (Å²) in [6.45, 7) is 2.42. The largest absolute Gasteiger partial charge is 0.493 e. The predicted molar refractivity (Wildman–Crippen MR) is 64.6 cm³/mol. The second kappa shape index (κ2) is 5.43. The van der Waals surface area contributed by atoms with E-state index in [9.17, 15) is 4.39 Å². The number of aryl methyl sites for hydroxylation is 1. The van der Waals surface area contributed by atoms with Crippen LogP contribution in [0, 0.1) is 12.7 Å². The normalized spacial score (nSPS) is 10.2. The molecule has 0 aliphatic rings. The lowest BCUT2D eigenvalue weighted by molar-refractivity contribution is 0.319. The highest BCUT2D eigenvalue weighted by molar-refractivity contribution is 5.32. The van der Waals surface area contributed by atoms with E-state index in [4.69, 9.17) is 4.74 Å². The second-order valence-electron chi connectivity index (χ2n) is 3.86. The summed E-state index contributed by atoms with van der Waals surface area (Å²) >= 11 is 0. The first-order chi connectivity index (χ1) is 8.25. The summed E-state index contributed by atoms with van der Waals surface area (Å²) in [5.41, 5.74) is 2.00. The highest BCUT2D eigenvalue weighted by Gasteiger charge is 2.01. The molecule has 1 aromatic heterocycles. The first-order valence-electron chi connectivity index (χ1n) is 5.53. The van der Waals surface area contributed by atoms with Crippen LogP contribution in [0.15, 0.2) is 42.7 Å². The molecular weight excluding hydrogens is 217 g/mol. The van der Waals surface area contributed by atoms with E-state index in [0.717, 1.165) is 17.7 Å². The van der Waals surface area contributed by atoms with E-state index in [-0.39, 0.29) is 5.82 Å². The van der Waals surface area contributed by atoms with Gasteiger partial charge < -0.3 is 4.74 Å². The summed E-state index contributed by atoms with van der Waals surface area (Å²) in [6, 6.07) is 8.47. The van der Waals surface area contributed by atoms with Gasteiger partial charge in [-0.3, -0.25) is 4.98 Å². The van der Waals surface area contributed by atoms with Gasteiger partial charge >= 0.3 is 0 Å². The topological polar surface area (TPSA) is 22.1 Å². The molecule has 17 heavy (non-hydrogen) atoms. The van der Waals surface area contributed by atoms with E-state index in [1.54, 1.807) is 18.5 Å². The molecule has 1 heterocycles. The molecule has 88 valence electrons. The monoisotopic (exact) mass is 231 g/mol. The van der Waals surface area contributed by atoms with Crippen LogP contribution in [0.1, 0.15) is 11.1 Å². The van der Waals surface area contributed by atoms with Gasteiger partial charge in [-0.25, -0.2) is 4.39 Å². The Hall–Kier alpha value is -1.90. The van der Waals surface area contributed by atoms with Crippen LogP contribution in [0.3, 0.4) is 0 Å². The number of benzene rings is 1. The molecular formula is C14H14FNO. The first kappa shape index (κ1) is 11.6. The summed E-state index contributed by atoms with van der Waals surface area (Å²) < 4.78 is 18.5. The van der Waals surface area contributed by atoms with Gasteiger partial charge in [0.1, 0.15) is 11.6 Å². The van der Waals surface area contributed by atoms with Gasteiger partial charge in [0.25, 0.3) is 0 Å².